The molecule has 202 valence electrons. The van der Waals surface area contributed by atoms with Crippen LogP contribution in [-0.2, 0) is 21.1 Å². The molecule has 1 amide bonds. The van der Waals surface area contributed by atoms with E-state index in [9.17, 15) is 23.4 Å². The molecule has 1 atom stereocenters. The molecule has 3 N–H and O–H groups in total. The highest BCUT2D eigenvalue weighted by Crippen LogP contribution is 2.36. The summed E-state index contributed by atoms with van der Waals surface area (Å²) < 4.78 is 27.1. The zero-order valence-corrected chi connectivity index (χ0v) is 24.5. The predicted octanol–water partition coefficient (Wildman–Crippen LogP) is 7.81. The van der Waals surface area contributed by atoms with Gasteiger partial charge in [-0.05, 0) is 85.9 Å². The van der Waals surface area contributed by atoms with Gasteiger partial charge in [-0.2, -0.15) is 0 Å². The van der Waals surface area contributed by atoms with Crippen LogP contribution in [0, 0.1) is 5.92 Å². The maximum atomic E-state index is 13.4. The lowest BCUT2D eigenvalue weighted by Crippen LogP contribution is -2.29. The number of allylic oxidation sites excluding steroid dienone is 3. The van der Waals surface area contributed by atoms with E-state index in [4.69, 9.17) is 11.6 Å². The van der Waals surface area contributed by atoms with E-state index in [1.165, 1.54) is 30.3 Å². The molecule has 1 unspecified atom stereocenters. The molecule has 0 fully saturated rings. The number of carbonyl (C=O) groups is 1. The molecule has 0 aromatic heterocycles. The first-order valence-corrected chi connectivity index (χ1v) is 14.7. The van der Waals surface area contributed by atoms with Crippen molar-refractivity contribution in [2.45, 2.75) is 36.5 Å². The van der Waals surface area contributed by atoms with E-state index in [1.54, 1.807) is 19.1 Å². The zero-order chi connectivity index (χ0) is 28.5. The lowest BCUT2D eigenvalue weighted by Gasteiger charge is -2.26. The van der Waals surface area contributed by atoms with Crippen LogP contribution in [0.1, 0.15) is 31.4 Å². The Morgan fingerprint density at radius 2 is 1.72 bits per heavy atom. The first kappa shape index (κ1) is 28.7. The molecule has 0 radical (unpaired) electrons. The van der Waals surface area contributed by atoms with Gasteiger partial charge in [0.25, 0.3) is 0 Å². The molecule has 9 heteroatoms. The first-order valence-electron chi connectivity index (χ1n) is 12.1. The molecule has 0 saturated carbocycles. The number of aliphatic hydroxyl groups is 2. The zero-order valence-electron chi connectivity index (χ0n) is 21.3. The van der Waals surface area contributed by atoms with Gasteiger partial charge < -0.3 is 15.5 Å². The summed E-state index contributed by atoms with van der Waals surface area (Å²) in [7, 11) is -3.87. The van der Waals surface area contributed by atoms with Gasteiger partial charge in [-0.15, -0.1) is 0 Å². The van der Waals surface area contributed by atoms with Crippen LogP contribution in [0.4, 0.5) is 5.69 Å². The average molecular weight is 629 g/mol. The van der Waals surface area contributed by atoms with E-state index < -0.39 is 21.7 Å². The topological polar surface area (TPSA) is 104 Å². The monoisotopic (exact) mass is 627 g/mol. The minimum atomic E-state index is -3.87. The van der Waals surface area contributed by atoms with Crippen LogP contribution in [0.15, 0.2) is 110 Å². The van der Waals surface area contributed by atoms with E-state index in [2.05, 4.69) is 27.8 Å². The highest BCUT2D eigenvalue weighted by molar-refractivity contribution is 9.10. The van der Waals surface area contributed by atoms with E-state index >= 15 is 0 Å². The quantitative estimate of drug-likeness (QED) is 0.248. The van der Waals surface area contributed by atoms with Gasteiger partial charge >= 0.3 is 0 Å². The van der Waals surface area contributed by atoms with Crippen LogP contribution in [0.3, 0.4) is 0 Å². The van der Waals surface area contributed by atoms with Crippen LogP contribution in [0.2, 0.25) is 5.02 Å². The molecule has 6 nitrogen and oxygen atoms in total. The lowest BCUT2D eigenvalue weighted by molar-refractivity contribution is -0.119. The fourth-order valence-electron chi connectivity index (χ4n) is 4.52. The number of rotatable bonds is 7. The summed E-state index contributed by atoms with van der Waals surface area (Å²) in [5.74, 6) is -1.88. The van der Waals surface area contributed by atoms with E-state index in [0.29, 0.717) is 12.0 Å². The van der Waals surface area contributed by atoms with Gasteiger partial charge in [0, 0.05) is 10.0 Å². The van der Waals surface area contributed by atoms with E-state index in [-0.39, 0.29) is 44.0 Å². The minimum Gasteiger partial charge on any atom is -0.511 e. The van der Waals surface area contributed by atoms with Gasteiger partial charge in [-0.25, -0.2) is 8.42 Å². The van der Waals surface area contributed by atoms with Crippen LogP contribution in [-0.4, -0.2) is 24.5 Å². The van der Waals surface area contributed by atoms with Crippen LogP contribution < -0.4 is 5.32 Å². The normalized spacial score (nSPS) is 15.8. The highest BCUT2D eigenvalue weighted by atomic mass is 79.9. The first-order chi connectivity index (χ1) is 18.4. The molecule has 1 aliphatic rings. The van der Waals surface area contributed by atoms with Crippen molar-refractivity contribution in [2.75, 3.05) is 5.32 Å². The number of sulfone groups is 1. The van der Waals surface area contributed by atoms with E-state index in [1.807, 2.05) is 31.2 Å². The molecule has 3 aromatic carbocycles. The van der Waals surface area contributed by atoms with Crippen molar-refractivity contribution in [1.29, 1.82) is 0 Å². The third-order valence-electron chi connectivity index (χ3n) is 6.68. The average Bonchev–Trinajstić information content (AvgIpc) is 2.90. The number of carbonyl (C=O) groups excluding carboxylic acids is 1. The Morgan fingerprint density at radius 1 is 1.08 bits per heavy atom. The highest BCUT2D eigenvalue weighted by Gasteiger charge is 2.33. The van der Waals surface area contributed by atoms with Crippen molar-refractivity contribution in [1.82, 2.24) is 0 Å². The molecule has 39 heavy (non-hydrogen) atoms. The molecular formula is C30H27BrClNO5S. The van der Waals surface area contributed by atoms with Gasteiger partial charge in [0.1, 0.15) is 11.5 Å². The van der Waals surface area contributed by atoms with Gasteiger partial charge in [0.15, 0.2) is 0 Å². The van der Waals surface area contributed by atoms with Crippen LogP contribution in [0.25, 0.3) is 5.57 Å². The number of aliphatic hydroxyl groups excluding tert-OH is 2. The van der Waals surface area contributed by atoms with Gasteiger partial charge in [0.05, 0.1) is 26.4 Å². The number of halogens is 2. The number of nitrogens with one attached hydrogen (secondary N) is 1. The summed E-state index contributed by atoms with van der Waals surface area (Å²) in [6.45, 7) is 7.47. The largest absolute Gasteiger partial charge is 0.511 e. The fourth-order valence-corrected chi connectivity index (χ4v) is 6.23. The number of amides is 1. The summed E-state index contributed by atoms with van der Waals surface area (Å²) in [5, 5.41) is 24.4. The lowest BCUT2D eigenvalue weighted by atomic mass is 9.83. The molecule has 0 saturated heterocycles. The second-order valence-electron chi connectivity index (χ2n) is 9.42. The maximum absolute atomic E-state index is 13.4. The van der Waals surface area contributed by atoms with Crippen molar-refractivity contribution in [3.63, 3.8) is 0 Å². The molecule has 0 spiro atoms. The molecule has 0 heterocycles. The molecule has 0 bridgehead atoms. The van der Waals surface area contributed by atoms with Crippen molar-refractivity contribution < 1.29 is 23.4 Å². The number of anilines is 1. The Balaban J connectivity index is 1.61. The summed E-state index contributed by atoms with van der Waals surface area (Å²) in [6, 6.07) is 18.0. The minimum absolute atomic E-state index is 0.0428. The Morgan fingerprint density at radius 3 is 2.38 bits per heavy atom. The smallest absolute Gasteiger partial charge is 0.235 e. The molecule has 1 aliphatic carbocycles. The standard InChI is InChI=1S/C30H27BrClNO5S/c1-17(2)24-7-5-4-6-19(24)14-20-15-25(29(35)18(3)28(20)34)30(36)33-27-16-23(12-13-26(27)32)39(37,38)22-10-8-21(31)9-11-22/h4-13,16,25,34-35H,1,14-15H2,2-3H3,(H,33,36). The number of hydrogen-bond donors (Lipinski definition) is 3. The van der Waals surface area contributed by atoms with Crippen molar-refractivity contribution in [3.8, 4) is 0 Å². The van der Waals surface area contributed by atoms with Crippen LogP contribution in [0.5, 0.6) is 0 Å². The number of benzene rings is 3. The fraction of sp³-hybridized carbons (Fsp3) is 0.167. The second-order valence-corrected chi connectivity index (χ2v) is 12.7. The molecule has 4 rings (SSSR count). The number of hydrogen-bond acceptors (Lipinski definition) is 5. The van der Waals surface area contributed by atoms with Crippen molar-refractivity contribution in [3.05, 3.63) is 117 Å². The Bertz CT molecular complexity index is 1640. The van der Waals surface area contributed by atoms with Gasteiger partial charge in [-0.3, -0.25) is 4.79 Å². The second kappa shape index (κ2) is 11.4. The maximum Gasteiger partial charge on any atom is 0.235 e. The Labute approximate surface area is 241 Å². The molecule has 3 aromatic rings. The predicted molar refractivity (Wildman–Crippen MR) is 158 cm³/mol. The molecule has 0 aliphatic heterocycles. The third kappa shape index (κ3) is 5.98. The summed E-state index contributed by atoms with van der Waals surface area (Å²) in [5.41, 5.74) is 3.66. The Hall–Kier alpha value is -3.33. The Kier molecular flexibility index (Phi) is 8.39. The summed E-state index contributed by atoms with van der Waals surface area (Å²) >= 11 is 9.61. The summed E-state index contributed by atoms with van der Waals surface area (Å²) in [6.07, 6.45) is 0.435. The van der Waals surface area contributed by atoms with Gasteiger partial charge in [-0.1, -0.05) is 63.9 Å². The van der Waals surface area contributed by atoms with Crippen molar-refractivity contribution >= 4 is 54.5 Å². The summed E-state index contributed by atoms with van der Waals surface area (Å²) in [4.78, 5) is 13.4. The molecular weight excluding hydrogens is 602 g/mol. The van der Waals surface area contributed by atoms with E-state index in [0.717, 1.165) is 21.2 Å². The van der Waals surface area contributed by atoms with Crippen molar-refractivity contribution in [2.24, 2.45) is 5.92 Å². The van der Waals surface area contributed by atoms with Crippen LogP contribution >= 0.6 is 27.5 Å². The van der Waals surface area contributed by atoms with Gasteiger partial charge in [0.2, 0.25) is 15.7 Å². The third-order valence-corrected chi connectivity index (χ3v) is 9.31. The SMILES string of the molecule is C=C(C)c1ccccc1CC1=C(O)C(C)=C(O)C(C(=O)Nc2cc(S(=O)(=O)c3ccc(Br)cc3)ccc2Cl)C1.